The molecule has 4 saturated carbocycles. The lowest BCUT2D eigenvalue weighted by molar-refractivity contribution is -0.0181. The van der Waals surface area contributed by atoms with Crippen LogP contribution in [0.5, 0.6) is 0 Å². The van der Waals surface area contributed by atoms with Gasteiger partial charge in [0.1, 0.15) is 0 Å². The molecule has 23 heavy (non-hydrogen) atoms. The highest BCUT2D eigenvalue weighted by molar-refractivity contribution is 5.18. The Bertz CT molecular complexity index is 372. The van der Waals surface area contributed by atoms with Gasteiger partial charge in [-0.05, 0) is 62.7 Å². The second-order valence-electron chi connectivity index (χ2n) is 9.08. The zero-order chi connectivity index (χ0) is 16.0. The molecule has 0 nitrogen and oxygen atoms in total. The van der Waals surface area contributed by atoms with Crippen LogP contribution in [0, 0.1) is 35.0 Å². The molecule has 0 spiro atoms. The highest BCUT2D eigenvalue weighted by Crippen LogP contribution is 2.59. The lowest BCUT2D eigenvalue weighted by Gasteiger charge is -2.54. The predicted octanol–water partition coefficient (Wildman–Crippen LogP) is 7.13. The van der Waals surface area contributed by atoms with Crippen LogP contribution >= 0.6 is 0 Å². The van der Waals surface area contributed by atoms with Crippen molar-refractivity contribution in [3.63, 3.8) is 0 Å². The van der Waals surface area contributed by atoms with Crippen LogP contribution in [0.1, 0.15) is 110 Å². The van der Waals surface area contributed by atoms with E-state index < -0.39 is 0 Å². The molecule has 0 radical (unpaired) electrons. The molecule has 0 heterocycles. The molecule has 0 aromatic rings. The van der Waals surface area contributed by atoms with Gasteiger partial charge in [0.2, 0.25) is 0 Å². The van der Waals surface area contributed by atoms with E-state index in [-0.39, 0.29) is 0 Å². The highest BCUT2D eigenvalue weighted by Gasteiger charge is 2.50. The summed E-state index contributed by atoms with van der Waals surface area (Å²) in [5, 5.41) is 0. The van der Waals surface area contributed by atoms with Gasteiger partial charge in [-0.2, -0.15) is 0 Å². The van der Waals surface area contributed by atoms with E-state index in [1.54, 1.807) is 0 Å². The van der Waals surface area contributed by atoms with Crippen molar-refractivity contribution in [2.45, 2.75) is 110 Å². The van der Waals surface area contributed by atoms with E-state index in [2.05, 4.69) is 18.8 Å². The van der Waals surface area contributed by atoms with Gasteiger partial charge in [-0.3, -0.25) is 0 Å². The summed E-state index contributed by atoms with van der Waals surface area (Å²) < 4.78 is 0. The lowest BCUT2D eigenvalue weighted by Crippen LogP contribution is -2.45. The van der Waals surface area contributed by atoms with E-state index in [4.69, 9.17) is 0 Å². The standard InChI is InChI=1S/C23H38/c1-2-3-4-5-6-7-8-9-10-11-12-13-23-17-20-14-21(18-23)16-22(15-20)19-23/h20-22H,2-11,14-19H2,1H3. The molecule has 0 amide bonds. The molecule has 0 aliphatic heterocycles. The van der Waals surface area contributed by atoms with E-state index >= 15 is 0 Å². The first kappa shape index (κ1) is 17.4. The molecule has 4 rings (SSSR count). The fraction of sp³-hybridized carbons (Fsp3) is 0.913. The van der Waals surface area contributed by atoms with Crippen LogP contribution in [0.3, 0.4) is 0 Å². The minimum Gasteiger partial charge on any atom is -0.103 e. The summed E-state index contributed by atoms with van der Waals surface area (Å²) in [6, 6.07) is 0. The second kappa shape index (κ2) is 8.60. The first-order valence-corrected chi connectivity index (χ1v) is 10.8. The summed E-state index contributed by atoms with van der Waals surface area (Å²) in [6.07, 6.45) is 22.9. The van der Waals surface area contributed by atoms with Gasteiger partial charge in [0.25, 0.3) is 0 Å². The van der Waals surface area contributed by atoms with Crippen molar-refractivity contribution < 1.29 is 0 Å². The monoisotopic (exact) mass is 314 g/mol. The third-order valence-corrected chi connectivity index (χ3v) is 6.80. The average molecular weight is 315 g/mol. The van der Waals surface area contributed by atoms with Crippen LogP contribution in [-0.4, -0.2) is 0 Å². The SMILES string of the molecule is CCCCCCCCCCCC#CC12CC3CC(CC(C3)C1)C2. The number of hydrogen-bond donors (Lipinski definition) is 0. The smallest absolute Gasteiger partial charge is 0.0322 e. The van der Waals surface area contributed by atoms with Gasteiger partial charge in [-0.15, -0.1) is 5.92 Å². The van der Waals surface area contributed by atoms with Crippen LogP contribution in [0.25, 0.3) is 0 Å². The second-order valence-corrected chi connectivity index (χ2v) is 9.08. The highest BCUT2D eigenvalue weighted by atomic mass is 14.5. The Balaban J connectivity index is 1.26. The largest absolute Gasteiger partial charge is 0.103 e. The van der Waals surface area contributed by atoms with Crippen LogP contribution in [0.15, 0.2) is 0 Å². The summed E-state index contributed by atoms with van der Waals surface area (Å²) in [5.41, 5.74) is 0.480. The van der Waals surface area contributed by atoms with Crippen LogP contribution in [-0.2, 0) is 0 Å². The Labute approximate surface area is 145 Å². The van der Waals surface area contributed by atoms with Gasteiger partial charge >= 0.3 is 0 Å². The van der Waals surface area contributed by atoms with Crippen LogP contribution in [0.2, 0.25) is 0 Å². The third-order valence-electron chi connectivity index (χ3n) is 6.80. The Kier molecular flexibility index (Phi) is 6.50. The Morgan fingerprint density at radius 3 is 1.70 bits per heavy atom. The molecule has 4 aliphatic carbocycles. The molecule has 0 aromatic heterocycles. The zero-order valence-corrected chi connectivity index (χ0v) is 15.5. The van der Waals surface area contributed by atoms with E-state index in [1.165, 1.54) is 96.3 Å². The topological polar surface area (TPSA) is 0 Å². The first-order valence-electron chi connectivity index (χ1n) is 10.8. The molecule has 4 fully saturated rings. The Morgan fingerprint density at radius 1 is 0.696 bits per heavy atom. The van der Waals surface area contributed by atoms with Crippen molar-refractivity contribution in [3.8, 4) is 11.8 Å². The van der Waals surface area contributed by atoms with E-state index in [9.17, 15) is 0 Å². The maximum absolute atomic E-state index is 3.80. The summed E-state index contributed by atoms with van der Waals surface area (Å²) in [5.74, 6) is 10.5. The summed E-state index contributed by atoms with van der Waals surface area (Å²) in [7, 11) is 0. The number of rotatable bonds is 9. The van der Waals surface area contributed by atoms with E-state index in [0.29, 0.717) is 5.41 Å². The first-order chi connectivity index (χ1) is 11.3. The van der Waals surface area contributed by atoms with Gasteiger partial charge in [-0.1, -0.05) is 64.2 Å². The third kappa shape index (κ3) is 5.01. The zero-order valence-electron chi connectivity index (χ0n) is 15.5. The predicted molar refractivity (Wildman–Crippen MR) is 100 cm³/mol. The molecule has 0 N–H and O–H groups in total. The molecule has 4 bridgehead atoms. The van der Waals surface area contributed by atoms with Crippen LogP contribution in [0.4, 0.5) is 0 Å². The van der Waals surface area contributed by atoms with Crippen molar-refractivity contribution in [1.29, 1.82) is 0 Å². The molecule has 0 aromatic carbocycles. The Hall–Kier alpha value is -0.440. The Morgan fingerprint density at radius 2 is 1.17 bits per heavy atom. The van der Waals surface area contributed by atoms with E-state index in [1.807, 2.05) is 0 Å². The fourth-order valence-electron chi connectivity index (χ4n) is 6.04. The normalized spacial score (nSPS) is 34.4. The summed E-state index contributed by atoms with van der Waals surface area (Å²) in [6.45, 7) is 2.30. The van der Waals surface area contributed by atoms with Gasteiger partial charge in [0.15, 0.2) is 0 Å². The minimum absolute atomic E-state index is 0.480. The van der Waals surface area contributed by atoms with Crippen molar-refractivity contribution in [2.75, 3.05) is 0 Å². The molecule has 4 aliphatic rings. The van der Waals surface area contributed by atoms with E-state index in [0.717, 1.165) is 24.2 Å². The summed E-state index contributed by atoms with van der Waals surface area (Å²) in [4.78, 5) is 0. The maximum Gasteiger partial charge on any atom is 0.0322 e. The molecule has 0 saturated heterocycles. The van der Waals surface area contributed by atoms with Crippen molar-refractivity contribution >= 4 is 0 Å². The summed E-state index contributed by atoms with van der Waals surface area (Å²) >= 11 is 0. The van der Waals surface area contributed by atoms with Gasteiger partial charge in [0, 0.05) is 11.8 Å². The lowest BCUT2D eigenvalue weighted by atomic mass is 9.50. The van der Waals surface area contributed by atoms with Crippen molar-refractivity contribution in [2.24, 2.45) is 23.2 Å². The number of unbranched alkanes of at least 4 members (excludes halogenated alkanes) is 9. The average Bonchev–Trinajstić information content (AvgIpc) is 2.51. The van der Waals surface area contributed by atoms with Crippen molar-refractivity contribution in [1.82, 2.24) is 0 Å². The molecular weight excluding hydrogens is 276 g/mol. The van der Waals surface area contributed by atoms with Gasteiger partial charge in [-0.25, -0.2) is 0 Å². The minimum atomic E-state index is 0.480. The van der Waals surface area contributed by atoms with Crippen molar-refractivity contribution in [3.05, 3.63) is 0 Å². The van der Waals surface area contributed by atoms with Crippen LogP contribution < -0.4 is 0 Å². The van der Waals surface area contributed by atoms with Gasteiger partial charge in [0.05, 0.1) is 0 Å². The van der Waals surface area contributed by atoms with Gasteiger partial charge < -0.3 is 0 Å². The fourth-order valence-corrected chi connectivity index (χ4v) is 6.04. The molecule has 0 atom stereocenters. The maximum atomic E-state index is 3.80. The number of hydrogen-bond acceptors (Lipinski definition) is 0. The quantitative estimate of drug-likeness (QED) is 0.314. The molecular formula is C23H38. The molecule has 0 unspecified atom stereocenters. The molecule has 130 valence electrons. The molecule has 0 heteroatoms.